The topological polar surface area (TPSA) is 84.9 Å². The molecule has 2 aromatic rings. The number of amides is 1. The SMILES string of the molecule is CCC(C(=O)NC(C)c1cc(OC)ccc1OC)N(c1ccc(C)cc1)S(C)(=O)=O. The van der Waals surface area contributed by atoms with Gasteiger partial charge in [0.15, 0.2) is 0 Å². The molecule has 0 saturated carbocycles. The van der Waals surface area contributed by atoms with Gasteiger partial charge in [-0.15, -0.1) is 0 Å². The number of nitrogens with zero attached hydrogens (tertiary/aromatic N) is 1. The Hall–Kier alpha value is -2.74. The predicted octanol–water partition coefficient (Wildman–Crippen LogP) is 3.43. The maximum atomic E-state index is 13.2. The van der Waals surface area contributed by atoms with Crippen LogP contribution in [0.25, 0.3) is 0 Å². The Morgan fingerprint density at radius 2 is 1.73 bits per heavy atom. The fourth-order valence-electron chi connectivity index (χ4n) is 3.32. The lowest BCUT2D eigenvalue weighted by Gasteiger charge is -2.31. The van der Waals surface area contributed by atoms with Crippen LogP contribution in [0.1, 0.15) is 37.4 Å². The zero-order valence-electron chi connectivity index (χ0n) is 18.3. The summed E-state index contributed by atoms with van der Waals surface area (Å²) in [5, 5.41) is 2.93. The van der Waals surface area contributed by atoms with E-state index in [4.69, 9.17) is 9.47 Å². The minimum atomic E-state index is -3.68. The van der Waals surface area contributed by atoms with E-state index in [1.165, 1.54) is 4.31 Å². The number of ether oxygens (including phenoxy) is 2. The van der Waals surface area contributed by atoms with Crippen LogP contribution in [0.4, 0.5) is 5.69 Å². The Morgan fingerprint density at radius 3 is 2.23 bits per heavy atom. The number of sulfonamides is 1. The van der Waals surface area contributed by atoms with E-state index in [-0.39, 0.29) is 5.91 Å². The first kappa shape index (κ1) is 23.5. The number of nitrogens with one attached hydrogen (secondary N) is 1. The number of aryl methyl sites for hydroxylation is 1. The van der Waals surface area contributed by atoms with Gasteiger partial charge < -0.3 is 14.8 Å². The van der Waals surface area contributed by atoms with Crippen LogP contribution in [0.2, 0.25) is 0 Å². The summed E-state index contributed by atoms with van der Waals surface area (Å²) in [7, 11) is -0.567. The van der Waals surface area contributed by atoms with Crippen molar-refractivity contribution in [2.75, 3.05) is 24.8 Å². The van der Waals surface area contributed by atoms with Gasteiger partial charge in [-0.1, -0.05) is 24.6 Å². The standard InChI is InChI=1S/C22H30N2O5S/c1-7-20(24(30(6,26)27)17-10-8-15(2)9-11-17)22(25)23-16(3)19-14-18(28-4)12-13-21(19)29-5/h8-14,16,20H,7H2,1-6H3,(H,23,25). The van der Waals surface area contributed by atoms with Gasteiger partial charge in [-0.25, -0.2) is 8.42 Å². The van der Waals surface area contributed by atoms with Crippen molar-refractivity contribution in [3.63, 3.8) is 0 Å². The normalized spacial score (nSPS) is 13.3. The van der Waals surface area contributed by atoms with Crippen LogP contribution in [0.15, 0.2) is 42.5 Å². The van der Waals surface area contributed by atoms with Gasteiger partial charge in [0, 0.05) is 5.56 Å². The molecule has 0 heterocycles. The van der Waals surface area contributed by atoms with Crippen LogP contribution in [0, 0.1) is 6.92 Å². The second-order valence-corrected chi connectivity index (χ2v) is 9.02. The third kappa shape index (κ3) is 5.44. The van der Waals surface area contributed by atoms with Gasteiger partial charge in [0.2, 0.25) is 15.9 Å². The number of hydrogen-bond acceptors (Lipinski definition) is 5. The minimum absolute atomic E-state index is 0.314. The monoisotopic (exact) mass is 434 g/mol. The summed E-state index contributed by atoms with van der Waals surface area (Å²) in [6.07, 6.45) is 1.42. The maximum absolute atomic E-state index is 13.2. The lowest BCUT2D eigenvalue weighted by Crippen LogP contribution is -2.49. The summed E-state index contributed by atoms with van der Waals surface area (Å²) in [6.45, 7) is 5.52. The molecule has 2 unspecified atom stereocenters. The van der Waals surface area contributed by atoms with Crippen molar-refractivity contribution in [1.82, 2.24) is 5.32 Å². The fraction of sp³-hybridized carbons (Fsp3) is 0.409. The second kappa shape index (κ2) is 9.84. The molecule has 2 rings (SSSR count). The number of hydrogen-bond donors (Lipinski definition) is 1. The first-order valence-corrected chi connectivity index (χ1v) is 11.6. The van der Waals surface area contributed by atoms with Gasteiger partial charge >= 0.3 is 0 Å². The molecule has 0 spiro atoms. The molecule has 2 aromatic carbocycles. The molecule has 0 fully saturated rings. The summed E-state index contributed by atoms with van der Waals surface area (Å²) in [4.78, 5) is 13.2. The number of rotatable bonds is 9. The van der Waals surface area contributed by atoms with Crippen LogP contribution >= 0.6 is 0 Å². The van der Waals surface area contributed by atoms with Crippen molar-refractivity contribution < 1.29 is 22.7 Å². The van der Waals surface area contributed by atoms with Crippen LogP contribution < -0.4 is 19.1 Å². The molecule has 2 atom stereocenters. The summed E-state index contributed by atoms with van der Waals surface area (Å²) >= 11 is 0. The number of anilines is 1. The Labute approximate surface area is 179 Å². The molecule has 0 aliphatic heterocycles. The van der Waals surface area contributed by atoms with Crippen LogP contribution in [-0.4, -0.2) is 40.8 Å². The van der Waals surface area contributed by atoms with Gasteiger partial charge in [0.1, 0.15) is 17.5 Å². The number of carbonyl (C=O) groups is 1. The molecule has 0 saturated heterocycles. The molecule has 1 amide bonds. The average molecular weight is 435 g/mol. The highest BCUT2D eigenvalue weighted by Crippen LogP contribution is 2.30. The number of carbonyl (C=O) groups excluding carboxylic acids is 1. The van der Waals surface area contributed by atoms with Crippen molar-refractivity contribution >= 4 is 21.6 Å². The third-order valence-corrected chi connectivity index (χ3v) is 6.06. The van der Waals surface area contributed by atoms with E-state index in [1.54, 1.807) is 51.5 Å². The van der Waals surface area contributed by atoms with Gasteiger partial charge in [-0.2, -0.15) is 0 Å². The van der Waals surface area contributed by atoms with Crippen LogP contribution in [0.3, 0.4) is 0 Å². The van der Waals surface area contributed by atoms with Gasteiger partial charge in [-0.3, -0.25) is 9.10 Å². The second-order valence-electron chi connectivity index (χ2n) is 7.16. The maximum Gasteiger partial charge on any atom is 0.244 e. The largest absolute Gasteiger partial charge is 0.497 e. The quantitative estimate of drug-likeness (QED) is 0.654. The molecule has 0 aliphatic carbocycles. The third-order valence-electron chi connectivity index (χ3n) is 4.88. The Kier molecular flexibility index (Phi) is 7.72. The fourth-order valence-corrected chi connectivity index (χ4v) is 4.53. The summed E-state index contributed by atoms with van der Waals surface area (Å²) < 4.78 is 37.0. The highest BCUT2D eigenvalue weighted by molar-refractivity contribution is 7.92. The highest BCUT2D eigenvalue weighted by Gasteiger charge is 2.32. The van der Waals surface area contributed by atoms with E-state index in [2.05, 4.69) is 5.32 Å². The minimum Gasteiger partial charge on any atom is -0.497 e. The lowest BCUT2D eigenvalue weighted by molar-refractivity contribution is -0.122. The van der Waals surface area contributed by atoms with E-state index in [9.17, 15) is 13.2 Å². The van der Waals surface area contributed by atoms with Crippen molar-refractivity contribution in [3.8, 4) is 11.5 Å². The summed E-state index contributed by atoms with van der Waals surface area (Å²) in [6, 6.07) is 11.1. The zero-order valence-corrected chi connectivity index (χ0v) is 19.1. The lowest BCUT2D eigenvalue weighted by atomic mass is 10.1. The molecule has 1 N–H and O–H groups in total. The Morgan fingerprint density at radius 1 is 1.10 bits per heavy atom. The Bertz CT molecular complexity index is 974. The van der Waals surface area contributed by atoms with E-state index < -0.39 is 22.1 Å². The summed E-state index contributed by atoms with van der Waals surface area (Å²) in [5.74, 6) is 0.854. The molecular formula is C22H30N2O5S. The predicted molar refractivity (Wildman–Crippen MR) is 119 cm³/mol. The van der Waals surface area contributed by atoms with Gasteiger partial charge in [-0.05, 0) is 50.6 Å². The molecule has 0 aromatic heterocycles. The van der Waals surface area contributed by atoms with Crippen molar-refractivity contribution in [2.24, 2.45) is 0 Å². The smallest absolute Gasteiger partial charge is 0.244 e. The van der Waals surface area contributed by atoms with Crippen LogP contribution in [0.5, 0.6) is 11.5 Å². The molecule has 164 valence electrons. The van der Waals surface area contributed by atoms with Crippen molar-refractivity contribution in [2.45, 2.75) is 39.3 Å². The molecule has 0 radical (unpaired) electrons. The molecule has 30 heavy (non-hydrogen) atoms. The van der Waals surface area contributed by atoms with Gasteiger partial charge in [0.05, 0.1) is 32.2 Å². The van der Waals surface area contributed by atoms with Gasteiger partial charge in [0.25, 0.3) is 0 Å². The molecule has 7 nitrogen and oxygen atoms in total. The van der Waals surface area contributed by atoms with E-state index in [1.807, 2.05) is 26.0 Å². The number of methoxy groups -OCH3 is 2. The molecule has 8 heteroatoms. The van der Waals surface area contributed by atoms with E-state index in [0.717, 1.165) is 17.4 Å². The summed E-state index contributed by atoms with van der Waals surface area (Å²) in [5.41, 5.74) is 2.20. The van der Waals surface area contributed by atoms with Crippen LogP contribution in [-0.2, 0) is 14.8 Å². The van der Waals surface area contributed by atoms with Crippen molar-refractivity contribution in [1.29, 1.82) is 0 Å². The molecular weight excluding hydrogens is 404 g/mol. The average Bonchev–Trinajstić information content (AvgIpc) is 2.71. The van der Waals surface area contributed by atoms with E-state index in [0.29, 0.717) is 23.6 Å². The molecule has 0 aliphatic rings. The first-order valence-electron chi connectivity index (χ1n) is 9.70. The molecule has 0 bridgehead atoms. The zero-order chi connectivity index (χ0) is 22.5. The van der Waals surface area contributed by atoms with Crippen molar-refractivity contribution in [3.05, 3.63) is 53.6 Å². The highest BCUT2D eigenvalue weighted by atomic mass is 32.2. The Balaban J connectivity index is 2.35. The number of benzene rings is 2. The van der Waals surface area contributed by atoms with E-state index >= 15 is 0 Å². The first-order chi connectivity index (χ1) is 14.1.